The fraction of sp³-hybridized carbons (Fsp3) is 0.111. The number of carbonyl (C=O) groups excluding carboxylic acids is 1. The van der Waals surface area contributed by atoms with E-state index in [0.717, 1.165) is 5.56 Å². The molecule has 4 rings (SSSR count). The number of benzene rings is 1. The number of amides is 1. The maximum atomic E-state index is 12.7. The summed E-state index contributed by atoms with van der Waals surface area (Å²) >= 11 is 6.32. The van der Waals surface area contributed by atoms with Gasteiger partial charge in [-0.2, -0.15) is 9.78 Å². The monoisotopic (exact) mass is 410 g/mol. The molecular weight excluding hydrogens is 396 g/mol. The Bertz CT molecular complexity index is 1130. The number of tetrazole rings is 1. The van der Waals surface area contributed by atoms with Crippen LogP contribution in [-0.4, -0.2) is 48.0 Å². The molecule has 4 aromatic rings. The number of pyridine rings is 1. The zero-order valence-corrected chi connectivity index (χ0v) is 16.0. The molecule has 1 aromatic carbocycles. The molecule has 146 valence electrons. The Morgan fingerprint density at radius 2 is 2.14 bits per heavy atom. The summed E-state index contributed by atoms with van der Waals surface area (Å²) in [5, 5.41) is 18.3. The van der Waals surface area contributed by atoms with Gasteiger partial charge in [-0.15, -0.1) is 5.10 Å². The topological polar surface area (TPSA) is 113 Å². The summed E-state index contributed by atoms with van der Waals surface area (Å²) in [5.41, 5.74) is 1.67. The highest BCUT2D eigenvalue weighted by Gasteiger charge is 2.17. The van der Waals surface area contributed by atoms with Crippen molar-refractivity contribution in [3.05, 3.63) is 71.4 Å². The van der Waals surface area contributed by atoms with Gasteiger partial charge in [0.15, 0.2) is 5.82 Å². The molecule has 0 radical (unpaired) electrons. The van der Waals surface area contributed by atoms with E-state index in [1.165, 1.54) is 24.2 Å². The van der Waals surface area contributed by atoms with Gasteiger partial charge in [0.25, 0.3) is 5.91 Å². The molecule has 10 nitrogen and oxygen atoms in total. The predicted molar refractivity (Wildman–Crippen MR) is 103 cm³/mol. The van der Waals surface area contributed by atoms with E-state index in [-0.39, 0.29) is 5.91 Å². The Hall–Kier alpha value is -3.79. The van der Waals surface area contributed by atoms with E-state index in [4.69, 9.17) is 16.3 Å². The normalized spacial score (nSPS) is 10.7. The Morgan fingerprint density at radius 1 is 1.24 bits per heavy atom. The van der Waals surface area contributed by atoms with Crippen LogP contribution in [0.25, 0.3) is 11.5 Å². The lowest BCUT2D eigenvalue weighted by Crippen LogP contribution is -2.23. The maximum absolute atomic E-state index is 12.7. The average molecular weight is 411 g/mol. The second kappa shape index (κ2) is 8.07. The summed E-state index contributed by atoms with van der Waals surface area (Å²) in [6, 6.07) is 8.60. The summed E-state index contributed by atoms with van der Waals surface area (Å²) in [4.78, 5) is 17.0. The standard InChI is InChI=1S/C18H15ClN8O2/c1-29-16-9-15(27-11-22-24-25-27)14(19)8-13(16)18(28)21-10-12-3-5-20-17(7-12)26-6-2-4-23-26/h2-9,11H,10H2,1H3,(H,21,28). The van der Waals surface area contributed by atoms with Crippen molar-refractivity contribution in [1.29, 1.82) is 0 Å². The minimum Gasteiger partial charge on any atom is -0.496 e. The minimum atomic E-state index is -0.329. The third-order valence-corrected chi connectivity index (χ3v) is 4.41. The van der Waals surface area contributed by atoms with E-state index in [1.807, 2.05) is 18.2 Å². The van der Waals surface area contributed by atoms with Crippen LogP contribution in [0.2, 0.25) is 5.02 Å². The van der Waals surface area contributed by atoms with Crippen molar-refractivity contribution in [3.63, 3.8) is 0 Å². The highest BCUT2D eigenvalue weighted by molar-refractivity contribution is 6.33. The molecule has 11 heteroatoms. The summed E-state index contributed by atoms with van der Waals surface area (Å²) in [6.07, 6.45) is 6.53. The van der Waals surface area contributed by atoms with Crippen molar-refractivity contribution in [2.45, 2.75) is 6.54 Å². The van der Waals surface area contributed by atoms with Gasteiger partial charge in [-0.25, -0.2) is 9.67 Å². The van der Waals surface area contributed by atoms with Crippen molar-refractivity contribution in [2.24, 2.45) is 0 Å². The van der Waals surface area contributed by atoms with Gasteiger partial charge in [-0.05, 0) is 40.3 Å². The summed E-state index contributed by atoms with van der Waals surface area (Å²) in [7, 11) is 1.47. The molecule has 0 bridgehead atoms. The summed E-state index contributed by atoms with van der Waals surface area (Å²) < 4.78 is 8.39. The lowest BCUT2D eigenvalue weighted by molar-refractivity contribution is 0.0948. The largest absolute Gasteiger partial charge is 0.496 e. The highest BCUT2D eigenvalue weighted by Crippen LogP contribution is 2.29. The molecule has 0 aliphatic rings. The van der Waals surface area contributed by atoms with E-state index in [0.29, 0.717) is 34.4 Å². The van der Waals surface area contributed by atoms with Gasteiger partial charge in [0.2, 0.25) is 0 Å². The fourth-order valence-corrected chi connectivity index (χ4v) is 2.96. The molecule has 0 aliphatic carbocycles. The van der Waals surface area contributed by atoms with E-state index in [9.17, 15) is 4.79 Å². The Morgan fingerprint density at radius 3 is 2.86 bits per heavy atom. The number of halogens is 1. The quantitative estimate of drug-likeness (QED) is 0.516. The van der Waals surface area contributed by atoms with Crippen LogP contribution in [-0.2, 0) is 6.54 Å². The van der Waals surface area contributed by atoms with E-state index in [1.54, 1.807) is 29.3 Å². The Kier molecular flexibility index (Phi) is 5.16. The molecule has 3 aromatic heterocycles. The molecule has 1 N–H and O–H groups in total. The lowest BCUT2D eigenvalue weighted by atomic mass is 10.1. The van der Waals surface area contributed by atoms with E-state index >= 15 is 0 Å². The average Bonchev–Trinajstić information content (AvgIpc) is 3.46. The number of hydrogen-bond donors (Lipinski definition) is 1. The molecule has 3 heterocycles. The molecular formula is C18H15ClN8O2. The zero-order chi connectivity index (χ0) is 20.2. The van der Waals surface area contributed by atoms with Crippen LogP contribution in [0.5, 0.6) is 5.75 Å². The molecule has 1 amide bonds. The van der Waals surface area contributed by atoms with Crippen molar-refractivity contribution < 1.29 is 9.53 Å². The van der Waals surface area contributed by atoms with Gasteiger partial charge in [0.1, 0.15) is 12.1 Å². The molecule has 29 heavy (non-hydrogen) atoms. The van der Waals surface area contributed by atoms with Crippen molar-refractivity contribution in [3.8, 4) is 17.3 Å². The number of carbonyl (C=O) groups is 1. The second-order valence-electron chi connectivity index (χ2n) is 5.91. The van der Waals surface area contributed by atoms with Crippen LogP contribution in [0, 0.1) is 0 Å². The fourth-order valence-electron chi connectivity index (χ4n) is 2.71. The minimum absolute atomic E-state index is 0.297. The van der Waals surface area contributed by atoms with Crippen LogP contribution in [0.1, 0.15) is 15.9 Å². The van der Waals surface area contributed by atoms with Crippen molar-refractivity contribution >= 4 is 17.5 Å². The SMILES string of the molecule is COc1cc(-n2cnnn2)c(Cl)cc1C(=O)NCc1ccnc(-n2cccn2)c1. The molecule has 0 fully saturated rings. The third-order valence-electron chi connectivity index (χ3n) is 4.11. The van der Waals surface area contributed by atoms with Gasteiger partial charge in [-0.1, -0.05) is 11.6 Å². The van der Waals surface area contributed by atoms with Crippen LogP contribution < -0.4 is 10.1 Å². The smallest absolute Gasteiger partial charge is 0.255 e. The molecule has 0 atom stereocenters. The van der Waals surface area contributed by atoms with Crippen molar-refractivity contribution in [1.82, 2.24) is 40.3 Å². The number of aromatic nitrogens is 7. The van der Waals surface area contributed by atoms with Crippen LogP contribution in [0.15, 0.2) is 55.2 Å². The number of rotatable bonds is 6. The van der Waals surface area contributed by atoms with Crippen LogP contribution in [0.4, 0.5) is 0 Å². The molecule has 0 aliphatic heterocycles. The zero-order valence-electron chi connectivity index (χ0n) is 15.2. The number of ether oxygens (including phenoxy) is 1. The van der Waals surface area contributed by atoms with Gasteiger partial charge < -0.3 is 10.1 Å². The predicted octanol–water partition coefficient (Wildman–Crippen LogP) is 1.83. The number of hydrogen-bond acceptors (Lipinski definition) is 7. The van der Waals surface area contributed by atoms with E-state index < -0.39 is 0 Å². The molecule has 0 saturated carbocycles. The molecule has 0 unspecified atom stereocenters. The molecule has 0 spiro atoms. The van der Waals surface area contributed by atoms with Gasteiger partial charge >= 0.3 is 0 Å². The Labute approximate surface area is 170 Å². The first-order valence-corrected chi connectivity index (χ1v) is 8.87. The summed E-state index contributed by atoms with van der Waals surface area (Å²) in [5.74, 6) is 0.682. The van der Waals surface area contributed by atoms with Crippen molar-refractivity contribution in [2.75, 3.05) is 7.11 Å². The first kappa shape index (κ1) is 18.6. The second-order valence-corrected chi connectivity index (χ2v) is 6.32. The first-order chi connectivity index (χ1) is 14.2. The summed E-state index contributed by atoms with van der Waals surface area (Å²) in [6.45, 7) is 0.297. The third kappa shape index (κ3) is 3.92. The van der Waals surface area contributed by atoms with Crippen LogP contribution in [0.3, 0.4) is 0 Å². The lowest BCUT2D eigenvalue weighted by Gasteiger charge is -2.13. The van der Waals surface area contributed by atoms with Gasteiger partial charge in [0, 0.05) is 31.2 Å². The van der Waals surface area contributed by atoms with Gasteiger partial charge in [-0.3, -0.25) is 4.79 Å². The first-order valence-electron chi connectivity index (χ1n) is 8.50. The maximum Gasteiger partial charge on any atom is 0.255 e. The van der Waals surface area contributed by atoms with Crippen LogP contribution >= 0.6 is 11.6 Å². The number of nitrogens with zero attached hydrogens (tertiary/aromatic N) is 7. The Balaban J connectivity index is 1.53. The van der Waals surface area contributed by atoms with Gasteiger partial charge in [0.05, 0.1) is 23.4 Å². The number of methoxy groups -OCH3 is 1. The molecule has 0 saturated heterocycles. The number of nitrogens with one attached hydrogen (secondary N) is 1. The van der Waals surface area contributed by atoms with E-state index in [2.05, 4.69) is 30.9 Å². The highest BCUT2D eigenvalue weighted by atomic mass is 35.5.